The van der Waals surface area contributed by atoms with Crippen molar-refractivity contribution < 1.29 is 19.4 Å². The summed E-state index contributed by atoms with van der Waals surface area (Å²) in [5.74, 6) is -1.10. The van der Waals surface area contributed by atoms with E-state index >= 15 is 0 Å². The molecule has 0 aliphatic heterocycles. The van der Waals surface area contributed by atoms with Crippen molar-refractivity contribution in [2.45, 2.75) is 26.3 Å². The van der Waals surface area contributed by atoms with Gasteiger partial charge >= 0.3 is 5.97 Å². The number of carboxylic acid groups (broad SMARTS) is 1. The molecule has 0 bridgehead atoms. The van der Waals surface area contributed by atoms with Crippen LogP contribution in [0.15, 0.2) is 18.2 Å². The Morgan fingerprint density at radius 2 is 2.05 bits per heavy atom. The Bertz CT molecular complexity index is 502. The fraction of sp³-hybridized carbons (Fsp3) is 0.429. The SMILES string of the molecule is COc1cc(Cl)ccc1CC(=O)N[C@H](C(=O)O)C(C)C. The number of nitrogens with one attached hydrogen (secondary N) is 1. The summed E-state index contributed by atoms with van der Waals surface area (Å²) in [6, 6.07) is 4.05. The summed E-state index contributed by atoms with van der Waals surface area (Å²) >= 11 is 5.84. The zero-order valence-corrected chi connectivity index (χ0v) is 12.4. The Morgan fingerprint density at radius 1 is 1.40 bits per heavy atom. The Morgan fingerprint density at radius 3 is 2.55 bits per heavy atom. The first-order valence-corrected chi connectivity index (χ1v) is 6.57. The number of carbonyl (C=O) groups is 2. The van der Waals surface area contributed by atoms with Crippen LogP contribution >= 0.6 is 11.6 Å². The maximum absolute atomic E-state index is 11.9. The maximum Gasteiger partial charge on any atom is 0.326 e. The van der Waals surface area contributed by atoms with Crippen LogP contribution in [0.1, 0.15) is 19.4 Å². The lowest BCUT2D eigenvalue weighted by atomic mass is 10.0. The summed E-state index contributed by atoms with van der Waals surface area (Å²) in [6.07, 6.45) is 0.0385. The van der Waals surface area contributed by atoms with Gasteiger partial charge in [-0.2, -0.15) is 0 Å². The van der Waals surface area contributed by atoms with E-state index in [2.05, 4.69) is 5.32 Å². The van der Waals surface area contributed by atoms with E-state index in [1.165, 1.54) is 7.11 Å². The number of carboxylic acids is 1. The van der Waals surface area contributed by atoms with E-state index in [0.29, 0.717) is 16.3 Å². The second-order valence-electron chi connectivity index (χ2n) is 4.76. The highest BCUT2D eigenvalue weighted by molar-refractivity contribution is 6.30. The largest absolute Gasteiger partial charge is 0.496 e. The lowest BCUT2D eigenvalue weighted by molar-refractivity contribution is -0.143. The fourth-order valence-electron chi connectivity index (χ4n) is 1.78. The van der Waals surface area contributed by atoms with Crippen LogP contribution in [0.2, 0.25) is 5.02 Å². The molecule has 20 heavy (non-hydrogen) atoms. The molecule has 1 amide bonds. The topological polar surface area (TPSA) is 75.6 Å². The second-order valence-corrected chi connectivity index (χ2v) is 5.20. The molecule has 0 aromatic heterocycles. The van der Waals surface area contributed by atoms with E-state index in [-0.39, 0.29) is 18.2 Å². The van der Waals surface area contributed by atoms with Crippen LogP contribution in [0.4, 0.5) is 0 Å². The smallest absolute Gasteiger partial charge is 0.326 e. The van der Waals surface area contributed by atoms with Crippen molar-refractivity contribution in [2.75, 3.05) is 7.11 Å². The summed E-state index contributed by atoms with van der Waals surface area (Å²) in [5.41, 5.74) is 0.655. The predicted octanol–water partition coefficient (Wildman–Crippen LogP) is 2.12. The van der Waals surface area contributed by atoms with Crippen LogP contribution in [0.25, 0.3) is 0 Å². The Kier molecular flexibility index (Phi) is 5.82. The van der Waals surface area contributed by atoms with Gasteiger partial charge in [0, 0.05) is 10.6 Å². The summed E-state index contributed by atoms with van der Waals surface area (Å²) in [4.78, 5) is 23.0. The zero-order chi connectivity index (χ0) is 15.3. The van der Waals surface area contributed by atoms with Crippen LogP contribution in [-0.4, -0.2) is 30.1 Å². The lowest BCUT2D eigenvalue weighted by Crippen LogP contribution is -2.44. The number of rotatable bonds is 6. The summed E-state index contributed by atoms with van der Waals surface area (Å²) in [5, 5.41) is 12.1. The highest BCUT2D eigenvalue weighted by atomic mass is 35.5. The molecule has 1 atom stereocenters. The zero-order valence-electron chi connectivity index (χ0n) is 11.6. The third kappa shape index (κ3) is 4.42. The van der Waals surface area contributed by atoms with Gasteiger partial charge in [0.05, 0.1) is 13.5 Å². The van der Waals surface area contributed by atoms with Crippen LogP contribution in [0.3, 0.4) is 0 Å². The van der Waals surface area contributed by atoms with Gasteiger partial charge in [0.2, 0.25) is 5.91 Å². The molecule has 1 rings (SSSR count). The number of amides is 1. The lowest BCUT2D eigenvalue weighted by Gasteiger charge is -2.18. The van der Waals surface area contributed by atoms with Crippen LogP contribution in [0, 0.1) is 5.92 Å². The Hall–Kier alpha value is -1.75. The minimum atomic E-state index is -1.04. The van der Waals surface area contributed by atoms with Crippen LogP contribution in [-0.2, 0) is 16.0 Å². The monoisotopic (exact) mass is 299 g/mol. The van der Waals surface area contributed by atoms with Crippen molar-refractivity contribution in [3.63, 3.8) is 0 Å². The molecule has 0 fully saturated rings. The third-order valence-corrected chi connectivity index (χ3v) is 3.08. The summed E-state index contributed by atoms with van der Waals surface area (Å²) in [7, 11) is 1.49. The fourth-order valence-corrected chi connectivity index (χ4v) is 1.94. The normalized spacial score (nSPS) is 12.1. The van der Waals surface area contributed by atoms with Crippen molar-refractivity contribution in [2.24, 2.45) is 5.92 Å². The van der Waals surface area contributed by atoms with E-state index in [1.807, 2.05) is 0 Å². The molecule has 0 aliphatic carbocycles. The minimum absolute atomic E-state index is 0.0385. The van der Waals surface area contributed by atoms with E-state index in [0.717, 1.165) is 0 Å². The van der Waals surface area contributed by atoms with E-state index in [1.54, 1.807) is 32.0 Å². The first-order chi connectivity index (χ1) is 9.35. The van der Waals surface area contributed by atoms with Gasteiger partial charge in [0.1, 0.15) is 11.8 Å². The number of benzene rings is 1. The Balaban J connectivity index is 2.78. The molecule has 6 heteroatoms. The number of hydrogen-bond donors (Lipinski definition) is 2. The molecule has 1 aromatic carbocycles. The predicted molar refractivity (Wildman–Crippen MR) is 76.1 cm³/mol. The van der Waals surface area contributed by atoms with Crippen molar-refractivity contribution in [1.82, 2.24) is 5.32 Å². The number of ether oxygens (including phenoxy) is 1. The molecule has 1 aromatic rings. The molecule has 0 radical (unpaired) electrons. The number of aliphatic carboxylic acids is 1. The van der Waals surface area contributed by atoms with Crippen molar-refractivity contribution in [1.29, 1.82) is 0 Å². The van der Waals surface area contributed by atoms with Crippen molar-refractivity contribution >= 4 is 23.5 Å². The van der Waals surface area contributed by atoms with E-state index in [9.17, 15) is 9.59 Å². The maximum atomic E-state index is 11.9. The van der Waals surface area contributed by atoms with Crippen LogP contribution < -0.4 is 10.1 Å². The molecule has 0 saturated heterocycles. The first kappa shape index (κ1) is 16.3. The molecule has 110 valence electrons. The van der Waals surface area contributed by atoms with Gasteiger partial charge < -0.3 is 15.2 Å². The van der Waals surface area contributed by atoms with Crippen LogP contribution in [0.5, 0.6) is 5.75 Å². The van der Waals surface area contributed by atoms with Gasteiger partial charge in [-0.25, -0.2) is 4.79 Å². The average molecular weight is 300 g/mol. The molecular formula is C14H18ClNO4. The van der Waals surface area contributed by atoms with Gasteiger partial charge in [-0.1, -0.05) is 31.5 Å². The van der Waals surface area contributed by atoms with Gasteiger partial charge in [-0.3, -0.25) is 4.79 Å². The highest BCUT2D eigenvalue weighted by Crippen LogP contribution is 2.23. The molecular weight excluding hydrogens is 282 g/mol. The van der Waals surface area contributed by atoms with Crippen molar-refractivity contribution in [3.8, 4) is 5.75 Å². The highest BCUT2D eigenvalue weighted by Gasteiger charge is 2.23. The third-order valence-electron chi connectivity index (χ3n) is 2.85. The quantitative estimate of drug-likeness (QED) is 0.843. The number of methoxy groups -OCH3 is 1. The van der Waals surface area contributed by atoms with E-state index < -0.39 is 12.0 Å². The molecule has 2 N–H and O–H groups in total. The molecule has 0 heterocycles. The average Bonchev–Trinajstić information content (AvgIpc) is 2.37. The van der Waals surface area contributed by atoms with Gasteiger partial charge in [-0.15, -0.1) is 0 Å². The molecule has 5 nitrogen and oxygen atoms in total. The van der Waals surface area contributed by atoms with Gasteiger partial charge in [-0.05, 0) is 18.1 Å². The second kappa shape index (κ2) is 7.14. The summed E-state index contributed by atoms with van der Waals surface area (Å²) in [6.45, 7) is 3.48. The molecule has 0 saturated carbocycles. The van der Waals surface area contributed by atoms with E-state index in [4.69, 9.17) is 21.4 Å². The standard InChI is InChI=1S/C14H18ClNO4/c1-8(2)13(14(18)19)16-12(17)6-9-4-5-10(15)7-11(9)20-3/h4-5,7-8,13H,6H2,1-3H3,(H,16,17)(H,18,19)/t13-/m0/s1. The van der Waals surface area contributed by atoms with Crippen molar-refractivity contribution in [3.05, 3.63) is 28.8 Å². The summed E-state index contributed by atoms with van der Waals surface area (Å²) < 4.78 is 5.15. The number of hydrogen-bond acceptors (Lipinski definition) is 3. The molecule has 0 unspecified atom stereocenters. The molecule has 0 spiro atoms. The van der Waals surface area contributed by atoms with Gasteiger partial charge in [0.25, 0.3) is 0 Å². The first-order valence-electron chi connectivity index (χ1n) is 6.19. The number of halogens is 1. The molecule has 0 aliphatic rings. The minimum Gasteiger partial charge on any atom is -0.496 e. The number of carbonyl (C=O) groups excluding carboxylic acids is 1. The van der Waals surface area contributed by atoms with Gasteiger partial charge in [0.15, 0.2) is 0 Å². The Labute approximate surface area is 122 Å².